The van der Waals surface area contributed by atoms with E-state index in [0.717, 1.165) is 30.4 Å². The zero-order chi connectivity index (χ0) is 12.3. The normalized spacial score (nSPS) is 13.6. The second-order valence-corrected chi connectivity index (χ2v) is 6.06. The second kappa shape index (κ2) is 5.65. The van der Waals surface area contributed by atoms with Crippen LogP contribution in [0, 0.1) is 11.8 Å². The molecule has 0 aliphatic carbocycles. The van der Waals surface area contributed by atoms with E-state index in [4.69, 9.17) is 0 Å². The molecule has 1 atom stereocenters. The number of hydrogen-bond donors (Lipinski definition) is 1. The number of aromatic nitrogens is 2. The van der Waals surface area contributed by atoms with E-state index in [2.05, 4.69) is 53.2 Å². The Bertz CT molecular complexity index is 429. The van der Waals surface area contributed by atoms with Gasteiger partial charge in [0.1, 0.15) is 0 Å². The maximum absolute atomic E-state index is 4.61. The molecule has 1 N–H and O–H groups in total. The summed E-state index contributed by atoms with van der Waals surface area (Å²) in [6.07, 6.45) is 5.27. The summed E-state index contributed by atoms with van der Waals surface area (Å²) in [5.41, 5.74) is 1.20. The molecular weight excluding hydrogens is 230 g/mol. The van der Waals surface area contributed by atoms with Gasteiger partial charge in [-0.05, 0) is 31.3 Å². The smallest absolute Gasteiger partial charge is 0.193 e. The van der Waals surface area contributed by atoms with Gasteiger partial charge in [0, 0.05) is 17.8 Å². The van der Waals surface area contributed by atoms with E-state index in [1.54, 1.807) is 11.3 Å². The highest BCUT2D eigenvalue weighted by Gasteiger charge is 2.08. The molecule has 0 radical (unpaired) electrons. The highest BCUT2D eigenvalue weighted by Crippen LogP contribution is 2.14. The zero-order valence-electron chi connectivity index (χ0n) is 10.8. The van der Waals surface area contributed by atoms with Gasteiger partial charge >= 0.3 is 0 Å². The molecule has 0 aliphatic rings. The topological polar surface area (TPSA) is 29.3 Å². The largest absolute Gasteiger partial charge is 0.316 e. The number of fused-ring (bicyclic) bond motifs is 1. The van der Waals surface area contributed by atoms with E-state index in [0.29, 0.717) is 5.92 Å². The van der Waals surface area contributed by atoms with Crippen LogP contribution in [0.2, 0.25) is 0 Å². The molecule has 0 aliphatic heterocycles. The Kier molecular flexibility index (Phi) is 4.18. The Morgan fingerprint density at radius 2 is 2.18 bits per heavy atom. The first-order chi connectivity index (χ1) is 8.15. The molecule has 17 heavy (non-hydrogen) atoms. The van der Waals surface area contributed by atoms with Crippen LogP contribution in [0.5, 0.6) is 0 Å². The zero-order valence-corrected chi connectivity index (χ0v) is 11.6. The molecule has 0 fully saturated rings. The number of nitrogens with zero attached hydrogens (tertiary/aromatic N) is 2. The molecule has 0 spiro atoms. The first-order valence-corrected chi connectivity index (χ1v) is 7.15. The minimum absolute atomic E-state index is 0.637. The monoisotopic (exact) mass is 251 g/mol. The fourth-order valence-electron chi connectivity index (χ4n) is 1.92. The van der Waals surface area contributed by atoms with Gasteiger partial charge in [-0.15, -0.1) is 11.3 Å². The molecule has 0 aromatic carbocycles. The van der Waals surface area contributed by atoms with Crippen LogP contribution in [-0.2, 0) is 6.42 Å². The summed E-state index contributed by atoms with van der Waals surface area (Å²) < 4.78 is 2.11. The fraction of sp³-hybridized carbons (Fsp3) is 0.615. The molecule has 2 aromatic heterocycles. The third kappa shape index (κ3) is 3.54. The molecule has 94 valence electrons. The maximum atomic E-state index is 4.61. The lowest BCUT2D eigenvalue weighted by Gasteiger charge is -2.12. The number of nitrogens with one attached hydrogen (secondary N) is 1. The Labute approximate surface area is 107 Å². The van der Waals surface area contributed by atoms with Crippen LogP contribution in [0.1, 0.15) is 26.5 Å². The minimum atomic E-state index is 0.637. The van der Waals surface area contributed by atoms with Crippen molar-refractivity contribution in [3.63, 3.8) is 0 Å². The van der Waals surface area contributed by atoms with Crippen LogP contribution < -0.4 is 5.32 Å². The molecule has 0 saturated heterocycles. The Morgan fingerprint density at radius 3 is 2.88 bits per heavy atom. The van der Waals surface area contributed by atoms with Crippen molar-refractivity contribution in [3.8, 4) is 0 Å². The summed E-state index contributed by atoms with van der Waals surface area (Å²) in [5.74, 6) is 1.36. The van der Waals surface area contributed by atoms with Crippen LogP contribution in [0.3, 0.4) is 0 Å². The van der Waals surface area contributed by atoms with Crippen LogP contribution in [0.25, 0.3) is 4.96 Å². The van der Waals surface area contributed by atoms with Crippen LogP contribution in [0.15, 0.2) is 17.8 Å². The maximum Gasteiger partial charge on any atom is 0.193 e. The Hall–Kier alpha value is -0.870. The highest BCUT2D eigenvalue weighted by molar-refractivity contribution is 7.15. The van der Waals surface area contributed by atoms with E-state index in [1.165, 1.54) is 5.69 Å². The quantitative estimate of drug-likeness (QED) is 0.855. The number of thiazole rings is 1. The van der Waals surface area contributed by atoms with Gasteiger partial charge in [-0.3, -0.25) is 4.40 Å². The summed E-state index contributed by atoms with van der Waals surface area (Å²) in [4.78, 5) is 5.71. The molecule has 2 heterocycles. The van der Waals surface area contributed by atoms with Gasteiger partial charge in [0.25, 0.3) is 0 Å². The van der Waals surface area contributed by atoms with Gasteiger partial charge in [0.15, 0.2) is 4.96 Å². The van der Waals surface area contributed by atoms with E-state index < -0.39 is 0 Å². The lowest BCUT2D eigenvalue weighted by Crippen LogP contribution is -2.26. The average molecular weight is 251 g/mol. The van der Waals surface area contributed by atoms with Crippen LogP contribution >= 0.6 is 11.3 Å². The van der Waals surface area contributed by atoms with Gasteiger partial charge < -0.3 is 5.32 Å². The lowest BCUT2D eigenvalue weighted by molar-refractivity contribution is 0.471. The first-order valence-electron chi connectivity index (χ1n) is 6.27. The molecular formula is C13H21N3S. The molecule has 0 bridgehead atoms. The fourth-order valence-corrected chi connectivity index (χ4v) is 2.64. The molecule has 2 aromatic rings. The predicted molar refractivity (Wildman–Crippen MR) is 73.6 cm³/mol. The summed E-state index contributed by atoms with van der Waals surface area (Å²) in [6, 6.07) is 0. The van der Waals surface area contributed by atoms with Gasteiger partial charge in [0.05, 0.1) is 5.69 Å². The van der Waals surface area contributed by atoms with E-state index in [9.17, 15) is 0 Å². The van der Waals surface area contributed by atoms with Crippen molar-refractivity contribution in [1.29, 1.82) is 0 Å². The molecule has 3 nitrogen and oxygen atoms in total. The third-order valence-corrected chi connectivity index (χ3v) is 3.52. The standard InChI is InChI=1S/C13H21N3S/c1-10(2)7-14-8-11(3)6-12-9-16-4-5-17-13(16)15-12/h4-5,9-11,14H,6-8H2,1-3H3. The van der Waals surface area contributed by atoms with E-state index in [1.807, 2.05) is 0 Å². The van der Waals surface area contributed by atoms with E-state index in [-0.39, 0.29) is 0 Å². The Morgan fingerprint density at radius 1 is 1.35 bits per heavy atom. The summed E-state index contributed by atoms with van der Waals surface area (Å²) in [6.45, 7) is 8.93. The third-order valence-electron chi connectivity index (χ3n) is 2.75. The lowest BCUT2D eigenvalue weighted by atomic mass is 10.1. The van der Waals surface area contributed by atoms with Gasteiger partial charge in [-0.1, -0.05) is 20.8 Å². The number of hydrogen-bond acceptors (Lipinski definition) is 3. The highest BCUT2D eigenvalue weighted by atomic mass is 32.1. The van der Waals surface area contributed by atoms with Crippen molar-refractivity contribution in [3.05, 3.63) is 23.5 Å². The first kappa shape index (κ1) is 12.6. The average Bonchev–Trinajstić information content (AvgIpc) is 2.76. The number of rotatable bonds is 6. The van der Waals surface area contributed by atoms with Crippen molar-refractivity contribution in [2.24, 2.45) is 11.8 Å². The van der Waals surface area contributed by atoms with Gasteiger partial charge in [-0.25, -0.2) is 4.98 Å². The van der Waals surface area contributed by atoms with Crippen molar-refractivity contribution in [2.75, 3.05) is 13.1 Å². The molecule has 0 saturated carbocycles. The van der Waals surface area contributed by atoms with E-state index >= 15 is 0 Å². The second-order valence-electron chi connectivity index (χ2n) is 5.19. The number of imidazole rings is 1. The SMILES string of the molecule is CC(C)CNCC(C)Cc1cn2ccsc2n1. The van der Waals surface area contributed by atoms with Crippen LogP contribution in [-0.4, -0.2) is 22.5 Å². The molecule has 2 rings (SSSR count). The van der Waals surface area contributed by atoms with Gasteiger partial charge in [-0.2, -0.15) is 0 Å². The van der Waals surface area contributed by atoms with Crippen LogP contribution in [0.4, 0.5) is 0 Å². The predicted octanol–water partition coefficient (Wildman–Crippen LogP) is 2.82. The minimum Gasteiger partial charge on any atom is -0.316 e. The molecule has 1 unspecified atom stereocenters. The van der Waals surface area contributed by atoms with Crippen molar-refractivity contribution >= 4 is 16.3 Å². The van der Waals surface area contributed by atoms with Gasteiger partial charge in [0.2, 0.25) is 0 Å². The summed E-state index contributed by atoms with van der Waals surface area (Å²) in [5, 5.41) is 5.57. The molecule has 4 heteroatoms. The van der Waals surface area contributed by atoms with Crippen molar-refractivity contribution in [2.45, 2.75) is 27.2 Å². The molecule has 0 amide bonds. The summed E-state index contributed by atoms with van der Waals surface area (Å²) in [7, 11) is 0. The summed E-state index contributed by atoms with van der Waals surface area (Å²) >= 11 is 1.69. The Balaban J connectivity index is 1.82. The van der Waals surface area contributed by atoms with Crippen molar-refractivity contribution < 1.29 is 0 Å². The van der Waals surface area contributed by atoms with Crippen molar-refractivity contribution in [1.82, 2.24) is 14.7 Å².